The number of allylic oxidation sites excluding steroid dienone is 1. The fourth-order valence-corrected chi connectivity index (χ4v) is 4.76. The zero-order valence-electron chi connectivity index (χ0n) is 24.7. The van der Waals surface area contributed by atoms with Crippen LogP contribution in [0.4, 0.5) is 13.2 Å². The Morgan fingerprint density at radius 3 is 2.29 bits per heavy atom. The smallest absolute Gasteiger partial charge is 0.261 e. The first-order valence-corrected chi connectivity index (χ1v) is 14.2. The second-order valence-corrected chi connectivity index (χ2v) is 11.1. The van der Waals surface area contributed by atoms with Gasteiger partial charge in [-0.1, -0.05) is 58.0 Å². The maximum Gasteiger partial charge on any atom is 0.261 e. The molecule has 224 valence electrons. The first-order valence-electron chi connectivity index (χ1n) is 14.2. The van der Waals surface area contributed by atoms with Crippen molar-refractivity contribution in [2.75, 3.05) is 19.7 Å². The molecule has 0 aliphatic rings. The number of hydrogen-bond acceptors (Lipinski definition) is 4. The first kappa shape index (κ1) is 32.6. The van der Waals surface area contributed by atoms with E-state index in [0.717, 1.165) is 17.7 Å². The van der Waals surface area contributed by atoms with E-state index in [-0.39, 0.29) is 18.1 Å². The highest BCUT2D eigenvalue weighted by Crippen LogP contribution is 2.30. The predicted molar refractivity (Wildman–Crippen MR) is 163 cm³/mol. The summed E-state index contributed by atoms with van der Waals surface area (Å²) in [7, 11) is 0. The zero-order chi connectivity index (χ0) is 30.7. The third kappa shape index (κ3) is 9.31. The van der Waals surface area contributed by atoms with Crippen molar-refractivity contribution in [1.82, 2.24) is 4.90 Å². The largest absolute Gasteiger partial charge is 0.484 e. The minimum absolute atomic E-state index is 0.150. The number of hydrogen-bond donors (Lipinski definition) is 1. The lowest BCUT2D eigenvalue weighted by atomic mass is 9.81. The Hall–Kier alpha value is -3.91. The van der Waals surface area contributed by atoms with Gasteiger partial charge in [-0.3, -0.25) is 9.79 Å². The molecule has 0 saturated heterocycles. The number of ether oxygens (including phenoxy) is 1. The lowest BCUT2D eigenvalue weighted by Crippen LogP contribution is -2.53. The summed E-state index contributed by atoms with van der Waals surface area (Å²) >= 11 is 0. The van der Waals surface area contributed by atoms with Crippen molar-refractivity contribution in [3.63, 3.8) is 0 Å². The summed E-state index contributed by atoms with van der Waals surface area (Å²) in [5.74, 6) is -1.42. The van der Waals surface area contributed by atoms with Gasteiger partial charge in [0.15, 0.2) is 6.61 Å². The highest BCUT2D eigenvalue weighted by molar-refractivity contribution is 6.06. The summed E-state index contributed by atoms with van der Waals surface area (Å²) < 4.78 is 48.2. The van der Waals surface area contributed by atoms with Gasteiger partial charge in [0.05, 0.1) is 18.3 Å². The van der Waals surface area contributed by atoms with Crippen molar-refractivity contribution in [2.45, 2.75) is 53.1 Å². The second kappa shape index (κ2) is 15.4. The monoisotopic (exact) mass is 579 g/mol. The number of carbonyl (C=O) groups is 1. The van der Waals surface area contributed by atoms with Crippen LogP contribution in [-0.2, 0) is 11.3 Å². The molecule has 1 atom stereocenters. The van der Waals surface area contributed by atoms with Crippen molar-refractivity contribution in [3.05, 3.63) is 107 Å². The summed E-state index contributed by atoms with van der Waals surface area (Å²) in [5, 5.41) is 0. The number of rotatable bonds is 13. The number of nitrogens with two attached hydrogens (primary N) is 1. The van der Waals surface area contributed by atoms with Gasteiger partial charge in [-0.05, 0) is 84.5 Å². The van der Waals surface area contributed by atoms with E-state index < -0.39 is 28.9 Å². The maximum atomic E-state index is 14.9. The highest BCUT2D eigenvalue weighted by atomic mass is 19.1. The summed E-state index contributed by atoms with van der Waals surface area (Å²) in [4.78, 5) is 20.5. The van der Waals surface area contributed by atoms with Gasteiger partial charge in [-0.25, -0.2) is 13.2 Å². The first-order chi connectivity index (χ1) is 20.0. The van der Waals surface area contributed by atoms with Gasteiger partial charge in [0.25, 0.3) is 5.91 Å². The van der Waals surface area contributed by atoms with Crippen LogP contribution in [0.2, 0.25) is 0 Å². The van der Waals surface area contributed by atoms with Crippen molar-refractivity contribution < 1.29 is 22.7 Å². The second-order valence-electron chi connectivity index (χ2n) is 11.1. The van der Waals surface area contributed by atoms with Crippen LogP contribution < -0.4 is 10.5 Å². The molecule has 2 N–H and O–H groups in total. The summed E-state index contributed by atoms with van der Waals surface area (Å²) in [5.41, 5.74) is 7.56. The average molecular weight is 580 g/mol. The van der Waals surface area contributed by atoms with Gasteiger partial charge in [0, 0.05) is 12.1 Å². The van der Waals surface area contributed by atoms with E-state index in [9.17, 15) is 18.0 Å². The molecule has 3 aromatic carbocycles. The number of amides is 1. The van der Waals surface area contributed by atoms with E-state index in [0.29, 0.717) is 49.5 Å². The van der Waals surface area contributed by atoms with Gasteiger partial charge >= 0.3 is 0 Å². The van der Waals surface area contributed by atoms with Crippen molar-refractivity contribution in [1.29, 1.82) is 0 Å². The molecule has 0 unspecified atom stereocenters. The van der Waals surface area contributed by atoms with Gasteiger partial charge < -0.3 is 15.4 Å². The van der Waals surface area contributed by atoms with E-state index in [1.54, 1.807) is 11.0 Å². The molecule has 0 spiro atoms. The Balaban J connectivity index is 2.11. The molecule has 5 nitrogen and oxygen atoms in total. The van der Waals surface area contributed by atoms with Crippen LogP contribution in [0.25, 0.3) is 5.57 Å². The Morgan fingerprint density at radius 1 is 1.00 bits per heavy atom. The standard InChI is InChI=1S/C34H40F3N3O2/c1-5-25(29-21-27(36)14-17-30(29)37)20-31(39-22-24-10-7-6-8-11-24)33(34(2,3)4)40(19-9-18-38)32(41)23-42-28-15-12-26(35)13-16-28/h6-8,10-17,20-21,33H,5,9,18-19,22-23,38H2,1-4H3/b25-20+,39-31-/t33-/m0/s1. The third-order valence-corrected chi connectivity index (χ3v) is 6.78. The predicted octanol–water partition coefficient (Wildman–Crippen LogP) is 7.21. The van der Waals surface area contributed by atoms with Crippen molar-refractivity contribution in [2.24, 2.45) is 16.1 Å². The van der Waals surface area contributed by atoms with Crippen LogP contribution in [0, 0.1) is 22.9 Å². The molecule has 0 saturated carbocycles. The van der Waals surface area contributed by atoms with E-state index in [1.807, 2.05) is 58.0 Å². The lowest BCUT2D eigenvalue weighted by Gasteiger charge is -2.40. The summed E-state index contributed by atoms with van der Waals surface area (Å²) in [6.07, 6.45) is 2.72. The van der Waals surface area contributed by atoms with Crippen LogP contribution in [0.5, 0.6) is 5.75 Å². The zero-order valence-corrected chi connectivity index (χ0v) is 24.7. The number of benzene rings is 3. The van der Waals surface area contributed by atoms with Gasteiger partial charge in [-0.15, -0.1) is 0 Å². The van der Waals surface area contributed by atoms with Gasteiger partial charge in [0.2, 0.25) is 0 Å². The number of halogens is 3. The lowest BCUT2D eigenvalue weighted by molar-refractivity contribution is -0.136. The molecule has 8 heteroatoms. The highest BCUT2D eigenvalue weighted by Gasteiger charge is 2.37. The van der Waals surface area contributed by atoms with Gasteiger partial charge in [-0.2, -0.15) is 0 Å². The van der Waals surface area contributed by atoms with Crippen LogP contribution in [0.1, 0.15) is 51.7 Å². The molecule has 0 fully saturated rings. The Labute approximate surface area is 246 Å². The molecule has 3 rings (SSSR count). The molecule has 0 radical (unpaired) electrons. The molecule has 0 aliphatic carbocycles. The van der Waals surface area contributed by atoms with E-state index >= 15 is 0 Å². The minimum Gasteiger partial charge on any atom is -0.484 e. The molecule has 0 aromatic heterocycles. The average Bonchev–Trinajstić information content (AvgIpc) is 2.96. The van der Waals surface area contributed by atoms with E-state index in [2.05, 4.69) is 0 Å². The molecular formula is C34H40F3N3O2. The molecule has 0 aliphatic heterocycles. The third-order valence-electron chi connectivity index (χ3n) is 6.78. The normalized spacial score (nSPS) is 13.1. The fraction of sp³-hybridized carbons (Fsp3) is 0.353. The molecule has 0 bridgehead atoms. The van der Waals surface area contributed by atoms with Crippen molar-refractivity contribution >= 4 is 17.2 Å². The van der Waals surface area contributed by atoms with Crippen molar-refractivity contribution in [3.8, 4) is 5.75 Å². The molecule has 1 amide bonds. The van der Waals surface area contributed by atoms with Gasteiger partial charge in [0.1, 0.15) is 23.2 Å². The van der Waals surface area contributed by atoms with E-state index in [4.69, 9.17) is 15.5 Å². The quantitative estimate of drug-likeness (QED) is 0.218. The molecular weight excluding hydrogens is 539 g/mol. The summed E-state index contributed by atoms with van der Waals surface area (Å²) in [6, 6.07) is 17.9. The van der Waals surface area contributed by atoms with Crippen LogP contribution in [0.3, 0.4) is 0 Å². The van der Waals surface area contributed by atoms with E-state index in [1.165, 1.54) is 30.3 Å². The Morgan fingerprint density at radius 2 is 1.67 bits per heavy atom. The fourth-order valence-electron chi connectivity index (χ4n) is 4.76. The number of carbonyl (C=O) groups excluding carboxylic acids is 1. The Bertz CT molecular complexity index is 1370. The number of aliphatic imine (C=N–C) groups is 1. The van der Waals surface area contributed by atoms with Crippen LogP contribution in [-0.4, -0.2) is 42.3 Å². The molecule has 0 heterocycles. The van der Waals surface area contributed by atoms with Crippen LogP contribution >= 0.6 is 0 Å². The molecule has 3 aromatic rings. The number of nitrogens with zero attached hydrogens (tertiary/aromatic N) is 2. The Kier molecular flexibility index (Phi) is 11.9. The molecule has 42 heavy (non-hydrogen) atoms. The maximum absolute atomic E-state index is 14.9. The SMILES string of the molecule is CC/C(=C\C(=N\Cc1ccccc1)[C@H](N(CCCN)C(=O)COc1ccc(F)cc1)C(C)(C)C)c1cc(F)ccc1F. The van der Waals surface area contributed by atoms with Crippen LogP contribution in [0.15, 0.2) is 83.9 Å². The minimum atomic E-state index is -0.560. The summed E-state index contributed by atoms with van der Waals surface area (Å²) in [6.45, 7) is 8.61. The topological polar surface area (TPSA) is 67.9 Å².